The largest absolute Gasteiger partial charge is 0.478 e. The highest BCUT2D eigenvalue weighted by atomic mass is 19.1. The minimum atomic E-state index is -0.966. The summed E-state index contributed by atoms with van der Waals surface area (Å²) >= 11 is 0. The third-order valence-corrected chi connectivity index (χ3v) is 4.68. The molecule has 0 aliphatic heterocycles. The molecule has 0 unspecified atom stereocenters. The highest BCUT2D eigenvalue weighted by Crippen LogP contribution is 2.40. The van der Waals surface area contributed by atoms with Crippen LogP contribution in [0.15, 0.2) is 48.8 Å². The van der Waals surface area contributed by atoms with E-state index in [1.54, 1.807) is 6.07 Å². The van der Waals surface area contributed by atoms with Gasteiger partial charge < -0.3 is 5.11 Å². The van der Waals surface area contributed by atoms with Gasteiger partial charge in [0.15, 0.2) is 5.82 Å². The van der Waals surface area contributed by atoms with Gasteiger partial charge in [0.2, 0.25) is 0 Å². The Bertz CT molecular complexity index is 1020. The smallest absolute Gasteiger partial charge is 0.335 e. The minimum absolute atomic E-state index is 0.0124. The topological polar surface area (TPSA) is 63.1 Å². The van der Waals surface area contributed by atoms with Gasteiger partial charge in [0, 0.05) is 18.8 Å². The molecule has 4 rings (SSSR count). The van der Waals surface area contributed by atoms with Crippen LogP contribution in [0.25, 0.3) is 11.4 Å². The maximum absolute atomic E-state index is 13.8. The van der Waals surface area contributed by atoms with Crippen molar-refractivity contribution in [2.75, 3.05) is 0 Å². The number of rotatable bonds is 5. The molecule has 4 nitrogen and oxygen atoms in total. The SMILES string of the molecule is O=C(O)c1cc(C2CC2)ccc1Cc1cnc(-c2cc(F)ccc2F)nc1. The average molecular weight is 366 g/mol. The molecule has 2 aromatic carbocycles. The second kappa shape index (κ2) is 6.87. The molecule has 1 fully saturated rings. The molecule has 0 spiro atoms. The van der Waals surface area contributed by atoms with Crippen LogP contribution in [0, 0.1) is 11.6 Å². The summed E-state index contributed by atoms with van der Waals surface area (Å²) in [5.74, 6) is -1.58. The molecule has 1 N–H and O–H groups in total. The molecule has 136 valence electrons. The van der Waals surface area contributed by atoms with Crippen molar-refractivity contribution >= 4 is 5.97 Å². The number of aromatic nitrogens is 2. The van der Waals surface area contributed by atoms with Gasteiger partial charge in [-0.1, -0.05) is 12.1 Å². The molecule has 27 heavy (non-hydrogen) atoms. The number of carboxylic acids is 1. The monoisotopic (exact) mass is 366 g/mol. The van der Waals surface area contributed by atoms with Crippen molar-refractivity contribution in [3.05, 3.63) is 82.7 Å². The molecule has 1 aromatic heterocycles. The van der Waals surface area contributed by atoms with E-state index in [-0.39, 0.29) is 17.0 Å². The molecular formula is C21H16F2N2O2. The van der Waals surface area contributed by atoms with E-state index in [9.17, 15) is 18.7 Å². The van der Waals surface area contributed by atoms with Gasteiger partial charge in [0.25, 0.3) is 0 Å². The number of aromatic carboxylic acids is 1. The Kier molecular flexibility index (Phi) is 4.39. The van der Waals surface area contributed by atoms with Crippen LogP contribution in [0.3, 0.4) is 0 Å². The second-order valence-electron chi connectivity index (χ2n) is 6.71. The van der Waals surface area contributed by atoms with Crippen molar-refractivity contribution < 1.29 is 18.7 Å². The lowest BCUT2D eigenvalue weighted by molar-refractivity contribution is 0.0695. The molecule has 1 heterocycles. The van der Waals surface area contributed by atoms with Crippen molar-refractivity contribution in [2.45, 2.75) is 25.2 Å². The molecule has 0 amide bonds. The van der Waals surface area contributed by atoms with Crippen molar-refractivity contribution in [3.63, 3.8) is 0 Å². The van der Waals surface area contributed by atoms with E-state index in [1.165, 1.54) is 12.4 Å². The van der Waals surface area contributed by atoms with Crippen LogP contribution < -0.4 is 0 Å². The van der Waals surface area contributed by atoms with E-state index in [2.05, 4.69) is 9.97 Å². The summed E-state index contributed by atoms with van der Waals surface area (Å²) in [6, 6.07) is 8.65. The average Bonchev–Trinajstić information content (AvgIpc) is 3.50. The molecule has 1 saturated carbocycles. The van der Waals surface area contributed by atoms with Gasteiger partial charge in [-0.15, -0.1) is 0 Å². The van der Waals surface area contributed by atoms with E-state index in [4.69, 9.17) is 0 Å². The Morgan fingerprint density at radius 1 is 1.07 bits per heavy atom. The zero-order chi connectivity index (χ0) is 19.0. The normalized spacial score (nSPS) is 13.6. The Morgan fingerprint density at radius 2 is 1.81 bits per heavy atom. The zero-order valence-electron chi connectivity index (χ0n) is 14.3. The Morgan fingerprint density at radius 3 is 2.48 bits per heavy atom. The van der Waals surface area contributed by atoms with Gasteiger partial charge in [0.1, 0.15) is 11.6 Å². The van der Waals surface area contributed by atoms with Crippen LogP contribution in [-0.4, -0.2) is 21.0 Å². The highest BCUT2D eigenvalue weighted by Gasteiger charge is 2.25. The van der Waals surface area contributed by atoms with Gasteiger partial charge in [-0.25, -0.2) is 23.5 Å². The minimum Gasteiger partial charge on any atom is -0.478 e. The summed E-state index contributed by atoms with van der Waals surface area (Å²) in [5.41, 5.74) is 2.68. The highest BCUT2D eigenvalue weighted by molar-refractivity contribution is 5.89. The van der Waals surface area contributed by atoms with Crippen LogP contribution in [0.2, 0.25) is 0 Å². The zero-order valence-corrected chi connectivity index (χ0v) is 14.3. The molecule has 1 aliphatic carbocycles. The van der Waals surface area contributed by atoms with E-state index in [1.807, 2.05) is 12.1 Å². The van der Waals surface area contributed by atoms with Crippen LogP contribution in [0.5, 0.6) is 0 Å². The van der Waals surface area contributed by atoms with Gasteiger partial charge in [-0.05, 0) is 59.7 Å². The van der Waals surface area contributed by atoms with Gasteiger partial charge >= 0.3 is 5.97 Å². The molecule has 0 saturated heterocycles. The van der Waals surface area contributed by atoms with Crippen molar-refractivity contribution in [3.8, 4) is 11.4 Å². The first-order valence-electron chi connectivity index (χ1n) is 8.64. The Balaban J connectivity index is 1.60. The first-order valence-corrected chi connectivity index (χ1v) is 8.64. The molecule has 0 atom stereocenters. The fourth-order valence-electron chi connectivity index (χ4n) is 3.09. The summed E-state index contributed by atoms with van der Waals surface area (Å²) in [4.78, 5) is 19.8. The lowest BCUT2D eigenvalue weighted by Crippen LogP contribution is -2.05. The first-order chi connectivity index (χ1) is 13.0. The predicted molar refractivity (Wildman–Crippen MR) is 95.6 cm³/mol. The van der Waals surface area contributed by atoms with Crippen LogP contribution >= 0.6 is 0 Å². The van der Waals surface area contributed by atoms with Crippen molar-refractivity contribution in [1.29, 1.82) is 0 Å². The maximum atomic E-state index is 13.8. The molecule has 0 radical (unpaired) electrons. The predicted octanol–water partition coefficient (Wildman–Crippen LogP) is 4.59. The number of carboxylic acid groups (broad SMARTS) is 1. The number of carbonyl (C=O) groups is 1. The lowest BCUT2D eigenvalue weighted by Gasteiger charge is -2.09. The number of nitrogens with zero attached hydrogens (tertiary/aromatic N) is 2. The first kappa shape index (κ1) is 17.3. The van der Waals surface area contributed by atoms with E-state index in [0.29, 0.717) is 23.5 Å². The summed E-state index contributed by atoms with van der Waals surface area (Å²) in [6.45, 7) is 0. The Hall–Kier alpha value is -3.15. The number of benzene rings is 2. The van der Waals surface area contributed by atoms with Crippen LogP contribution in [0.4, 0.5) is 8.78 Å². The maximum Gasteiger partial charge on any atom is 0.335 e. The van der Waals surface area contributed by atoms with Crippen LogP contribution in [0.1, 0.15) is 45.8 Å². The van der Waals surface area contributed by atoms with Gasteiger partial charge in [0.05, 0.1) is 11.1 Å². The quantitative estimate of drug-likeness (QED) is 0.717. The number of halogens is 2. The van der Waals surface area contributed by atoms with E-state index in [0.717, 1.165) is 36.6 Å². The Labute approximate surface area is 154 Å². The van der Waals surface area contributed by atoms with Crippen molar-refractivity contribution in [1.82, 2.24) is 9.97 Å². The summed E-state index contributed by atoms with van der Waals surface area (Å²) in [6.07, 6.45) is 5.56. The molecular weight excluding hydrogens is 350 g/mol. The molecule has 0 bridgehead atoms. The molecule has 1 aliphatic rings. The van der Waals surface area contributed by atoms with Gasteiger partial charge in [-0.3, -0.25) is 0 Å². The van der Waals surface area contributed by atoms with E-state index < -0.39 is 17.6 Å². The summed E-state index contributed by atoms with van der Waals surface area (Å²) in [7, 11) is 0. The fraction of sp³-hybridized carbons (Fsp3) is 0.190. The fourth-order valence-corrected chi connectivity index (χ4v) is 3.09. The second-order valence-corrected chi connectivity index (χ2v) is 6.71. The molecule has 3 aromatic rings. The number of hydrogen-bond acceptors (Lipinski definition) is 3. The number of hydrogen-bond donors (Lipinski definition) is 1. The third kappa shape index (κ3) is 3.69. The summed E-state index contributed by atoms with van der Waals surface area (Å²) in [5, 5.41) is 9.51. The van der Waals surface area contributed by atoms with Crippen molar-refractivity contribution in [2.24, 2.45) is 0 Å². The standard InChI is InChI=1S/C21H16F2N2O2/c22-16-5-6-19(23)18(9-16)20-24-10-12(11-25-20)7-15-4-3-14(13-1-2-13)8-17(15)21(26)27/h3-6,8-11,13H,1-2,7H2,(H,26,27). The molecule has 6 heteroatoms. The third-order valence-electron chi connectivity index (χ3n) is 4.68. The van der Waals surface area contributed by atoms with Gasteiger partial charge in [-0.2, -0.15) is 0 Å². The van der Waals surface area contributed by atoms with Crippen LogP contribution in [-0.2, 0) is 6.42 Å². The lowest BCUT2D eigenvalue weighted by atomic mass is 9.97. The van der Waals surface area contributed by atoms with E-state index >= 15 is 0 Å². The summed E-state index contributed by atoms with van der Waals surface area (Å²) < 4.78 is 27.2.